The molecule has 17 heavy (non-hydrogen) atoms. The number of hydrogen-bond donors (Lipinski definition) is 1. The highest BCUT2D eigenvalue weighted by atomic mass is 32.1. The maximum atomic E-state index is 11.8. The molecular weight excluding hydrogens is 240 g/mol. The third-order valence-corrected chi connectivity index (χ3v) is 2.80. The van der Waals surface area contributed by atoms with E-state index in [1.165, 1.54) is 0 Å². The Kier molecular flexibility index (Phi) is 5.98. The van der Waals surface area contributed by atoms with Gasteiger partial charge in [-0.15, -0.1) is 5.10 Å². The molecule has 1 heterocycles. The largest absolute Gasteiger partial charge is 0.351 e. The van der Waals surface area contributed by atoms with Gasteiger partial charge >= 0.3 is 0 Å². The number of carbonyl (C=O) groups excluding carboxylic acids is 1. The van der Waals surface area contributed by atoms with Crippen LogP contribution in [0.1, 0.15) is 35.1 Å². The Morgan fingerprint density at radius 2 is 2.47 bits per heavy atom. The highest BCUT2D eigenvalue weighted by Gasteiger charge is 2.14. The summed E-state index contributed by atoms with van der Waals surface area (Å²) in [4.78, 5) is 15.0. The van der Waals surface area contributed by atoms with Crippen molar-refractivity contribution in [1.82, 2.24) is 14.9 Å². The molecule has 7 nitrogen and oxygen atoms in total. The van der Waals surface area contributed by atoms with Gasteiger partial charge in [-0.25, -0.2) is 0 Å². The molecule has 92 valence electrons. The summed E-state index contributed by atoms with van der Waals surface area (Å²) < 4.78 is 3.78. The summed E-state index contributed by atoms with van der Waals surface area (Å²) in [5, 5.41) is 10.1. The van der Waals surface area contributed by atoms with Crippen molar-refractivity contribution in [2.45, 2.75) is 26.2 Å². The SMILES string of the molecule is CCCc1nnsc1C(=O)NCCCN=[N+]=[N-]. The summed E-state index contributed by atoms with van der Waals surface area (Å²) in [5.74, 6) is -0.149. The van der Waals surface area contributed by atoms with Gasteiger partial charge in [0.15, 0.2) is 0 Å². The molecule has 1 aromatic heterocycles. The van der Waals surface area contributed by atoms with Gasteiger partial charge in [0.1, 0.15) is 4.88 Å². The monoisotopic (exact) mass is 254 g/mol. The minimum absolute atomic E-state index is 0.149. The van der Waals surface area contributed by atoms with Gasteiger partial charge in [0, 0.05) is 18.0 Å². The first-order chi connectivity index (χ1) is 8.29. The number of aryl methyl sites for hydroxylation is 1. The normalized spacial score (nSPS) is 9.71. The van der Waals surface area contributed by atoms with Crippen molar-refractivity contribution in [3.05, 3.63) is 21.0 Å². The second-order valence-corrected chi connectivity index (χ2v) is 4.12. The molecule has 0 aromatic carbocycles. The number of carbonyl (C=O) groups is 1. The summed E-state index contributed by atoms with van der Waals surface area (Å²) in [7, 11) is 0. The van der Waals surface area contributed by atoms with E-state index in [1.54, 1.807) is 0 Å². The predicted octanol–water partition coefficient (Wildman–Crippen LogP) is 1.92. The molecule has 1 N–H and O–H groups in total. The Morgan fingerprint density at radius 3 is 3.18 bits per heavy atom. The molecule has 1 rings (SSSR count). The Bertz CT molecular complexity index is 411. The zero-order valence-corrected chi connectivity index (χ0v) is 10.4. The van der Waals surface area contributed by atoms with Crippen molar-refractivity contribution in [2.24, 2.45) is 5.11 Å². The minimum atomic E-state index is -0.149. The first-order valence-electron chi connectivity index (χ1n) is 5.39. The van der Waals surface area contributed by atoms with E-state index in [9.17, 15) is 4.79 Å². The number of rotatable bonds is 7. The third-order valence-electron chi connectivity index (χ3n) is 2.03. The molecule has 0 aliphatic rings. The first kappa shape index (κ1) is 13.4. The van der Waals surface area contributed by atoms with E-state index in [0.717, 1.165) is 30.1 Å². The fraction of sp³-hybridized carbons (Fsp3) is 0.667. The highest BCUT2D eigenvalue weighted by molar-refractivity contribution is 7.08. The lowest BCUT2D eigenvalue weighted by Gasteiger charge is -2.02. The lowest BCUT2D eigenvalue weighted by molar-refractivity contribution is 0.0956. The van der Waals surface area contributed by atoms with Crippen molar-refractivity contribution in [2.75, 3.05) is 13.1 Å². The topological polar surface area (TPSA) is 104 Å². The maximum absolute atomic E-state index is 11.8. The van der Waals surface area contributed by atoms with Crippen LogP contribution in [-0.2, 0) is 6.42 Å². The Balaban J connectivity index is 2.40. The molecule has 0 unspecified atom stereocenters. The second kappa shape index (κ2) is 7.59. The molecule has 0 atom stereocenters. The minimum Gasteiger partial charge on any atom is -0.351 e. The zero-order valence-electron chi connectivity index (χ0n) is 9.59. The highest BCUT2D eigenvalue weighted by Crippen LogP contribution is 2.12. The van der Waals surface area contributed by atoms with Crippen molar-refractivity contribution < 1.29 is 4.79 Å². The standard InChI is InChI=1S/C9H14N6OS/c1-2-4-7-8(17-15-13-7)9(16)11-5-3-6-12-14-10/h2-6H2,1H3,(H,11,16). The molecule has 0 saturated heterocycles. The van der Waals surface area contributed by atoms with Gasteiger partial charge in [-0.05, 0) is 29.9 Å². The maximum Gasteiger partial charge on any atom is 0.264 e. The number of hydrogen-bond acceptors (Lipinski definition) is 5. The van der Waals surface area contributed by atoms with Gasteiger partial charge in [0.25, 0.3) is 5.91 Å². The van der Waals surface area contributed by atoms with Gasteiger partial charge < -0.3 is 5.32 Å². The fourth-order valence-electron chi connectivity index (χ4n) is 1.26. The molecule has 8 heteroatoms. The zero-order chi connectivity index (χ0) is 12.5. The summed E-state index contributed by atoms with van der Waals surface area (Å²) in [6.45, 7) is 2.90. The summed E-state index contributed by atoms with van der Waals surface area (Å²) in [6, 6.07) is 0. The van der Waals surface area contributed by atoms with Gasteiger partial charge in [0.05, 0.1) is 5.69 Å². The van der Waals surface area contributed by atoms with Crippen LogP contribution in [-0.4, -0.2) is 28.6 Å². The van der Waals surface area contributed by atoms with Crippen LogP contribution < -0.4 is 5.32 Å². The molecule has 1 aromatic rings. The van der Waals surface area contributed by atoms with E-state index in [0.29, 0.717) is 24.4 Å². The van der Waals surface area contributed by atoms with Crippen molar-refractivity contribution >= 4 is 17.4 Å². The molecular formula is C9H14N6OS. The molecule has 0 aliphatic heterocycles. The average Bonchev–Trinajstić information content (AvgIpc) is 2.77. The van der Waals surface area contributed by atoms with Gasteiger partial charge in [-0.3, -0.25) is 4.79 Å². The van der Waals surface area contributed by atoms with E-state index in [-0.39, 0.29) is 5.91 Å². The van der Waals surface area contributed by atoms with Crippen LogP contribution in [0.3, 0.4) is 0 Å². The lowest BCUT2D eigenvalue weighted by atomic mass is 10.2. The molecule has 0 fully saturated rings. The van der Waals surface area contributed by atoms with Crippen LogP contribution in [0.5, 0.6) is 0 Å². The van der Waals surface area contributed by atoms with E-state index < -0.39 is 0 Å². The van der Waals surface area contributed by atoms with Crippen LogP contribution in [0, 0.1) is 0 Å². The summed E-state index contributed by atoms with van der Waals surface area (Å²) in [6.07, 6.45) is 2.33. The molecule has 0 aliphatic carbocycles. The van der Waals surface area contributed by atoms with E-state index in [1.807, 2.05) is 6.92 Å². The van der Waals surface area contributed by atoms with E-state index in [2.05, 4.69) is 24.9 Å². The van der Waals surface area contributed by atoms with Gasteiger partial charge in [0.2, 0.25) is 0 Å². The van der Waals surface area contributed by atoms with Crippen LogP contribution in [0.2, 0.25) is 0 Å². The quantitative estimate of drug-likeness (QED) is 0.348. The smallest absolute Gasteiger partial charge is 0.264 e. The molecule has 0 spiro atoms. The average molecular weight is 254 g/mol. The van der Waals surface area contributed by atoms with E-state index in [4.69, 9.17) is 5.53 Å². The number of nitrogens with zero attached hydrogens (tertiary/aromatic N) is 5. The first-order valence-corrected chi connectivity index (χ1v) is 6.17. The number of amides is 1. The van der Waals surface area contributed by atoms with Crippen LogP contribution >= 0.6 is 11.5 Å². The Morgan fingerprint density at radius 1 is 1.65 bits per heavy atom. The van der Waals surface area contributed by atoms with Gasteiger partial charge in [-0.2, -0.15) is 0 Å². The second-order valence-electron chi connectivity index (χ2n) is 3.36. The van der Waals surface area contributed by atoms with Crippen LogP contribution in [0.4, 0.5) is 0 Å². The van der Waals surface area contributed by atoms with Crippen LogP contribution in [0.15, 0.2) is 5.11 Å². The summed E-state index contributed by atoms with van der Waals surface area (Å²) in [5.41, 5.74) is 8.83. The fourth-order valence-corrected chi connectivity index (χ4v) is 1.88. The lowest BCUT2D eigenvalue weighted by Crippen LogP contribution is -2.25. The van der Waals surface area contributed by atoms with Crippen molar-refractivity contribution in [3.8, 4) is 0 Å². The predicted molar refractivity (Wildman–Crippen MR) is 64.9 cm³/mol. The molecule has 0 saturated carbocycles. The Hall–Kier alpha value is -1.66. The number of azide groups is 1. The van der Waals surface area contributed by atoms with Crippen LogP contribution in [0.25, 0.3) is 10.4 Å². The summed E-state index contributed by atoms with van der Waals surface area (Å²) >= 11 is 1.11. The van der Waals surface area contributed by atoms with Crippen molar-refractivity contribution in [3.63, 3.8) is 0 Å². The third kappa shape index (κ3) is 4.38. The molecule has 0 bridgehead atoms. The number of aromatic nitrogens is 2. The van der Waals surface area contributed by atoms with E-state index >= 15 is 0 Å². The van der Waals surface area contributed by atoms with Gasteiger partial charge in [-0.1, -0.05) is 22.9 Å². The van der Waals surface area contributed by atoms with Crippen molar-refractivity contribution in [1.29, 1.82) is 0 Å². The number of nitrogens with one attached hydrogen (secondary N) is 1. The molecule has 0 radical (unpaired) electrons. The Labute approximate surface area is 103 Å². The molecule has 1 amide bonds.